The number of Topliss-reactive ketones (excluding diaryl/α,β-unsaturated/α-hetero) is 1. The number of allylic oxidation sites excluding steroid dienone is 2. The highest BCUT2D eigenvalue weighted by Gasteiger charge is 2.09. The molecule has 0 atom stereocenters. The van der Waals surface area contributed by atoms with Gasteiger partial charge in [-0.25, -0.2) is 0 Å². The van der Waals surface area contributed by atoms with Gasteiger partial charge in [-0.1, -0.05) is 140 Å². The monoisotopic (exact) mass is 609 g/mol. The maximum absolute atomic E-state index is 11.5. The van der Waals surface area contributed by atoms with E-state index in [-0.39, 0.29) is 5.78 Å². The Hall–Kier alpha value is -3.44. The number of ketones is 1. The fourth-order valence-electron chi connectivity index (χ4n) is 5.18. The third kappa shape index (κ3) is 17.6. The first-order valence-corrected chi connectivity index (χ1v) is 17.4. The van der Waals surface area contributed by atoms with Gasteiger partial charge in [0.15, 0.2) is 5.78 Å². The SMILES string of the molecule is CCC/C(C)=C(\CC)c1cc(C(C)=O)ccc1C.CCCC(C)CCC.CCc1ccc(C#N)cc1.CCc1ccc(C)cc1. The fourth-order valence-corrected chi connectivity index (χ4v) is 5.18. The molecule has 0 N–H and O–H groups in total. The third-order valence-electron chi connectivity index (χ3n) is 8.05. The van der Waals surface area contributed by atoms with Crippen molar-refractivity contribution in [2.24, 2.45) is 5.92 Å². The molecule has 0 aliphatic heterocycles. The summed E-state index contributed by atoms with van der Waals surface area (Å²) in [4.78, 5) is 11.5. The van der Waals surface area contributed by atoms with Crippen LogP contribution in [0.25, 0.3) is 5.57 Å². The summed E-state index contributed by atoms with van der Waals surface area (Å²) in [5.74, 6) is 1.10. The number of rotatable bonds is 11. The van der Waals surface area contributed by atoms with Gasteiger partial charge in [0.2, 0.25) is 0 Å². The number of nitrogens with zero attached hydrogens (tertiary/aromatic N) is 1. The Morgan fingerprint density at radius 1 is 0.733 bits per heavy atom. The summed E-state index contributed by atoms with van der Waals surface area (Å²) in [6.07, 6.45) is 11.0. The van der Waals surface area contributed by atoms with Crippen LogP contribution in [-0.2, 0) is 12.8 Å². The molecule has 246 valence electrons. The lowest BCUT2D eigenvalue weighted by Crippen LogP contribution is -1.98. The van der Waals surface area contributed by atoms with Crippen LogP contribution in [0.4, 0.5) is 0 Å². The summed E-state index contributed by atoms with van der Waals surface area (Å²) < 4.78 is 0. The molecule has 3 aromatic rings. The van der Waals surface area contributed by atoms with Gasteiger partial charge < -0.3 is 0 Å². The molecule has 2 nitrogen and oxygen atoms in total. The summed E-state index contributed by atoms with van der Waals surface area (Å²) in [5.41, 5.74) is 10.9. The van der Waals surface area contributed by atoms with Gasteiger partial charge in [0.1, 0.15) is 0 Å². The van der Waals surface area contributed by atoms with Crippen LogP contribution in [0.1, 0.15) is 151 Å². The van der Waals surface area contributed by atoms with Gasteiger partial charge in [-0.2, -0.15) is 5.26 Å². The highest BCUT2D eigenvalue weighted by Crippen LogP contribution is 2.28. The number of benzene rings is 3. The van der Waals surface area contributed by atoms with Crippen LogP contribution in [0.3, 0.4) is 0 Å². The predicted octanol–water partition coefficient (Wildman–Crippen LogP) is 13.1. The highest BCUT2D eigenvalue weighted by molar-refractivity contribution is 5.95. The number of aryl methyl sites for hydroxylation is 4. The highest BCUT2D eigenvalue weighted by atomic mass is 16.1. The van der Waals surface area contributed by atoms with Crippen molar-refractivity contribution >= 4 is 11.4 Å². The maximum Gasteiger partial charge on any atom is 0.159 e. The Morgan fingerprint density at radius 3 is 1.64 bits per heavy atom. The molecule has 3 aromatic carbocycles. The van der Waals surface area contributed by atoms with Gasteiger partial charge in [-0.05, 0) is 105 Å². The minimum absolute atomic E-state index is 0.139. The van der Waals surface area contributed by atoms with Gasteiger partial charge >= 0.3 is 0 Å². The van der Waals surface area contributed by atoms with Crippen molar-refractivity contribution in [2.75, 3.05) is 0 Å². The summed E-state index contributed by atoms with van der Waals surface area (Å²) in [5, 5.41) is 8.45. The molecule has 0 aliphatic carbocycles. The molecule has 45 heavy (non-hydrogen) atoms. The van der Waals surface area contributed by atoms with E-state index in [0.29, 0.717) is 0 Å². The van der Waals surface area contributed by atoms with E-state index in [9.17, 15) is 4.79 Å². The number of carbonyl (C=O) groups excluding carboxylic acids is 1. The van der Waals surface area contributed by atoms with E-state index in [1.54, 1.807) is 6.92 Å². The second-order valence-electron chi connectivity index (χ2n) is 12.1. The summed E-state index contributed by atoms with van der Waals surface area (Å²) in [7, 11) is 0. The van der Waals surface area contributed by atoms with Gasteiger partial charge in [0, 0.05) is 5.56 Å². The maximum atomic E-state index is 11.5. The van der Waals surface area contributed by atoms with Gasteiger partial charge in [-0.3, -0.25) is 4.79 Å². The molecule has 0 heterocycles. The van der Waals surface area contributed by atoms with Gasteiger partial charge in [0.25, 0.3) is 0 Å². The quantitative estimate of drug-likeness (QED) is 0.203. The fraction of sp³-hybridized carbons (Fsp3) is 0.488. The number of hydrogen-bond acceptors (Lipinski definition) is 2. The molecular formula is C43H63NO. The van der Waals surface area contributed by atoms with E-state index in [0.717, 1.165) is 42.7 Å². The van der Waals surface area contributed by atoms with Crippen molar-refractivity contribution in [3.63, 3.8) is 0 Å². The van der Waals surface area contributed by atoms with Crippen molar-refractivity contribution in [2.45, 2.75) is 134 Å². The van der Waals surface area contributed by atoms with Crippen molar-refractivity contribution in [3.05, 3.63) is 111 Å². The van der Waals surface area contributed by atoms with Crippen LogP contribution in [-0.4, -0.2) is 5.78 Å². The minimum atomic E-state index is 0.139. The van der Waals surface area contributed by atoms with Crippen molar-refractivity contribution in [1.82, 2.24) is 0 Å². The first kappa shape index (κ1) is 41.6. The van der Waals surface area contributed by atoms with Gasteiger partial charge in [-0.15, -0.1) is 0 Å². The Labute approximate surface area is 278 Å². The molecule has 0 saturated carbocycles. The average molecular weight is 610 g/mol. The number of hydrogen-bond donors (Lipinski definition) is 0. The lowest BCUT2D eigenvalue weighted by molar-refractivity contribution is 0.101. The smallest absolute Gasteiger partial charge is 0.159 e. The second-order valence-corrected chi connectivity index (χ2v) is 12.1. The topological polar surface area (TPSA) is 40.9 Å². The lowest BCUT2D eigenvalue weighted by Gasteiger charge is -2.14. The molecule has 3 rings (SSSR count). The molecule has 0 radical (unpaired) electrons. The number of carbonyl (C=O) groups is 1. The van der Waals surface area contributed by atoms with Crippen LogP contribution >= 0.6 is 0 Å². The normalized spacial score (nSPS) is 10.6. The molecular weight excluding hydrogens is 546 g/mol. The average Bonchev–Trinajstić information content (AvgIpc) is 3.04. The summed E-state index contributed by atoms with van der Waals surface area (Å²) in [6.45, 7) is 23.6. The van der Waals surface area contributed by atoms with Crippen LogP contribution < -0.4 is 0 Å². The minimum Gasteiger partial charge on any atom is -0.295 e. The third-order valence-corrected chi connectivity index (χ3v) is 8.05. The van der Waals surface area contributed by atoms with Crippen molar-refractivity contribution in [3.8, 4) is 6.07 Å². The molecule has 0 saturated heterocycles. The van der Waals surface area contributed by atoms with E-state index in [1.807, 2.05) is 30.3 Å². The zero-order valence-corrected chi connectivity index (χ0v) is 30.6. The largest absolute Gasteiger partial charge is 0.295 e. The van der Waals surface area contributed by atoms with Crippen LogP contribution in [0, 0.1) is 31.1 Å². The standard InChI is InChI=1S/C17H24O.C9H9N.C9H12.C8H18/c1-6-8-12(3)16(7-2)17-11-15(14(5)18)10-9-13(17)4;1-2-8-3-5-9(7-10)6-4-8;1-3-9-6-4-8(2)5-7-9;1-4-6-8(3)7-5-2/h9-11H,6-8H2,1-5H3;3-6H,2H2,1H3;4-7H,3H2,1-2H3;8H,4-7H2,1-3H3/b16-12+;;;. The zero-order valence-electron chi connectivity index (χ0n) is 30.6. The Morgan fingerprint density at radius 2 is 1.24 bits per heavy atom. The Kier molecular flexibility index (Phi) is 22.9. The first-order valence-electron chi connectivity index (χ1n) is 17.4. The van der Waals surface area contributed by atoms with E-state index in [2.05, 4.69) is 112 Å². The summed E-state index contributed by atoms with van der Waals surface area (Å²) in [6, 6.07) is 24.4. The molecule has 0 amide bonds. The van der Waals surface area contributed by atoms with E-state index < -0.39 is 0 Å². The van der Waals surface area contributed by atoms with Crippen LogP contribution in [0.15, 0.2) is 72.3 Å². The van der Waals surface area contributed by atoms with E-state index in [1.165, 1.54) is 71.1 Å². The zero-order chi connectivity index (χ0) is 34.2. The first-order chi connectivity index (χ1) is 21.5. The molecule has 0 spiro atoms. The van der Waals surface area contributed by atoms with Crippen LogP contribution in [0.5, 0.6) is 0 Å². The molecule has 0 fully saturated rings. The molecule has 0 aromatic heterocycles. The summed E-state index contributed by atoms with van der Waals surface area (Å²) >= 11 is 0. The predicted molar refractivity (Wildman–Crippen MR) is 199 cm³/mol. The molecule has 0 bridgehead atoms. The van der Waals surface area contributed by atoms with E-state index >= 15 is 0 Å². The van der Waals surface area contributed by atoms with Crippen molar-refractivity contribution in [1.29, 1.82) is 5.26 Å². The van der Waals surface area contributed by atoms with E-state index in [4.69, 9.17) is 5.26 Å². The van der Waals surface area contributed by atoms with Crippen LogP contribution in [0.2, 0.25) is 0 Å². The van der Waals surface area contributed by atoms with Gasteiger partial charge in [0.05, 0.1) is 11.6 Å². The lowest BCUT2D eigenvalue weighted by atomic mass is 9.91. The number of nitriles is 1. The molecule has 0 unspecified atom stereocenters. The van der Waals surface area contributed by atoms with Crippen molar-refractivity contribution < 1.29 is 4.79 Å². The molecule has 0 aliphatic rings. The Bertz CT molecular complexity index is 1280. The Balaban J connectivity index is 0.000000612. The molecule has 2 heteroatoms. The second kappa shape index (κ2) is 24.8.